The van der Waals surface area contributed by atoms with Crippen molar-refractivity contribution in [2.45, 2.75) is 18.9 Å². The van der Waals surface area contributed by atoms with E-state index in [0.29, 0.717) is 13.1 Å². The summed E-state index contributed by atoms with van der Waals surface area (Å²) in [7, 11) is 0. The summed E-state index contributed by atoms with van der Waals surface area (Å²) in [6, 6.07) is 13.4. The van der Waals surface area contributed by atoms with Crippen molar-refractivity contribution < 1.29 is 8.78 Å². The first-order valence-electron chi connectivity index (χ1n) is 8.18. The Kier molecular flexibility index (Phi) is 6.80. The standard InChI is InChI=1S/C19H20F2N2.2ClH/c20-19(21)18(23-9-7-22-8-10-23)14-5-6-17-15(12-14)11-13-3-1-2-4-16(13)17;;/h1-6,12,18-19,22H,7-11H2;2*1H/t18-;;/m0../s1. The quantitative estimate of drug-likeness (QED) is 0.721. The smallest absolute Gasteiger partial charge is 0.258 e. The van der Waals surface area contributed by atoms with Crippen molar-refractivity contribution in [2.75, 3.05) is 26.2 Å². The molecule has 1 fully saturated rings. The van der Waals surface area contributed by atoms with Crippen LogP contribution in [0.25, 0.3) is 11.1 Å². The van der Waals surface area contributed by atoms with Gasteiger partial charge in [0.15, 0.2) is 0 Å². The Balaban J connectivity index is 0.00000113. The van der Waals surface area contributed by atoms with Crippen LogP contribution in [0.15, 0.2) is 42.5 Å². The van der Waals surface area contributed by atoms with Gasteiger partial charge in [0.05, 0.1) is 6.04 Å². The molecule has 0 unspecified atom stereocenters. The van der Waals surface area contributed by atoms with E-state index in [1.165, 1.54) is 22.3 Å². The third-order valence-corrected chi connectivity index (χ3v) is 4.94. The molecule has 2 aromatic carbocycles. The first-order valence-corrected chi connectivity index (χ1v) is 8.18. The van der Waals surface area contributed by atoms with Gasteiger partial charge in [-0.05, 0) is 34.2 Å². The molecule has 2 nitrogen and oxygen atoms in total. The number of rotatable bonds is 3. The lowest BCUT2D eigenvalue weighted by Crippen LogP contribution is -2.46. The summed E-state index contributed by atoms with van der Waals surface area (Å²) < 4.78 is 27.4. The van der Waals surface area contributed by atoms with Crippen LogP contribution >= 0.6 is 24.8 Å². The van der Waals surface area contributed by atoms with E-state index in [1.54, 1.807) is 0 Å². The molecular weight excluding hydrogens is 365 g/mol. The largest absolute Gasteiger partial charge is 0.314 e. The highest BCUT2D eigenvalue weighted by Gasteiger charge is 2.31. The molecule has 1 heterocycles. The summed E-state index contributed by atoms with van der Waals surface area (Å²) >= 11 is 0. The molecule has 1 N–H and O–H groups in total. The SMILES string of the molecule is Cl.Cl.FC(F)[C@H](c1ccc2c(c1)Cc1ccccc1-2)N1CCNCC1. The topological polar surface area (TPSA) is 15.3 Å². The van der Waals surface area contributed by atoms with Gasteiger partial charge in [-0.3, -0.25) is 4.90 Å². The highest BCUT2D eigenvalue weighted by molar-refractivity contribution is 5.85. The summed E-state index contributed by atoms with van der Waals surface area (Å²) in [5.41, 5.74) is 5.64. The van der Waals surface area contributed by atoms with Gasteiger partial charge in [0.1, 0.15) is 0 Å². The van der Waals surface area contributed by atoms with Gasteiger partial charge in [-0.1, -0.05) is 42.5 Å². The van der Waals surface area contributed by atoms with Crippen molar-refractivity contribution in [1.82, 2.24) is 10.2 Å². The van der Waals surface area contributed by atoms with Crippen LogP contribution < -0.4 is 5.32 Å². The van der Waals surface area contributed by atoms with E-state index >= 15 is 0 Å². The van der Waals surface area contributed by atoms with E-state index in [0.717, 1.165) is 25.1 Å². The molecule has 25 heavy (non-hydrogen) atoms. The molecule has 136 valence electrons. The molecule has 0 saturated carbocycles. The zero-order valence-electron chi connectivity index (χ0n) is 13.8. The number of hydrogen-bond acceptors (Lipinski definition) is 2. The lowest BCUT2D eigenvalue weighted by molar-refractivity contribution is 0.0181. The number of benzene rings is 2. The fourth-order valence-corrected chi connectivity index (χ4v) is 3.82. The maximum absolute atomic E-state index is 13.7. The van der Waals surface area contributed by atoms with Crippen LogP contribution in [0.5, 0.6) is 0 Å². The maximum atomic E-state index is 13.7. The number of piperazine rings is 1. The minimum Gasteiger partial charge on any atom is -0.314 e. The van der Waals surface area contributed by atoms with Crippen molar-refractivity contribution in [3.8, 4) is 11.1 Å². The number of alkyl halides is 2. The van der Waals surface area contributed by atoms with Crippen LogP contribution in [0.4, 0.5) is 8.78 Å². The second kappa shape index (κ2) is 8.45. The highest BCUT2D eigenvalue weighted by Crippen LogP contribution is 2.39. The molecule has 1 aliphatic heterocycles. The molecule has 2 aliphatic rings. The third-order valence-electron chi connectivity index (χ3n) is 4.94. The third kappa shape index (κ3) is 3.82. The second-order valence-corrected chi connectivity index (χ2v) is 6.32. The number of nitrogens with zero attached hydrogens (tertiary/aromatic N) is 1. The van der Waals surface area contributed by atoms with E-state index in [4.69, 9.17) is 0 Å². The Morgan fingerprint density at radius 3 is 2.28 bits per heavy atom. The van der Waals surface area contributed by atoms with Crippen molar-refractivity contribution in [2.24, 2.45) is 0 Å². The Hall–Kier alpha value is -1.20. The fraction of sp³-hybridized carbons (Fsp3) is 0.368. The minimum absolute atomic E-state index is 0. The molecular formula is C19H22Cl2F2N2. The second-order valence-electron chi connectivity index (χ2n) is 6.32. The summed E-state index contributed by atoms with van der Waals surface area (Å²) in [6.45, 7) is 2.90. The Morgan fingerprint density at radius 2 is 1.56 bits per heavy atom. The molecule has 1 aliphatic carbocycles. The van der Waals surface area contributed by atoms with Gasteiger partial charge in [0.2, 0.25) is 0 Å². The van der Waals surface area contributed by atoms with E-state index in [-0.39, 0.29) is 24.8 Å². The van der Waals surface area contributed by atoms with Gasteiger partial charge in [-0.2, -0.15) is 0 Å². The van der Waals surface area contributed by atoms with Crippen LogP contribution in [0.3, 0.4) is 0 Å². The van der Waals surface area contributed by atoms with Gasteiger partial charge in [-0.15, -0.1) is 24.8 Å². The average molecular weight is 387 g/mol. The van der Waals surface area contributed by atoms with Crippen LogP contribution in [0, 0.1) is 0 Å². The molecule has 1 saturated heterocycles. The van der Waals surface area contributed by atoms with E-state index < -0.39 is 12.5 Å². The normalized spacial score (nSPS) is 17.2. The summed E-state index contributed by atoms with van der Waals surface area (Å²) in [6.07, 6.45) is -1.52. The van der Waals surface area contributed by atoms with Crippen LogP contribution in [-0.2, 0) is 6.42 Å². The first kappa shape index (κ1) is 20.1. The lowest BCUT2D eigenvalue weighted by atomic mass is 9.98. The van der Waals surface area contributed by atoms with Crippen LogP contribution in [0.1, 0.15) is 22.7 Å². The highest BCUT2D eigenvalue weighted by atomic mass is 35.5. The predicted molar refractivity (Wildman–Crippen MR) is 102 cm³/mol. The Morgan fingerprint density at radius 1 is 0.880 bits per heavy atom. The van der Waals surface area contributed by atoms with Crippen LogP contribution in [-0.4, -0.2) is 37.5 Å². The van der Waals surface area contributed by atoms with Gasteiger partial charge in [-0.25, -0.2) is 8.78 Å². The van der Waals surface area contributed by atoms with Gasteiger partial charge in [0, 0.05) is 26.2 Å². The number of nitrogens with one attached hydrogen (secondary N) is 1. The van der Waals surface area contributed by atoms with Crippen molar-refractivity contribution in [3.05, 3.63) is 59.2 Å². The van der Waals surface area contributed by atoms with Crippen molar-refractivity contribution in [1.29, 1.82) is 0 Å². The Labute approximate surface area is 159 Å². The predicted octanol–water partition coefficient (Wildman–Crippen LogP) is 4.31. The zero-order valence-corrected chi connectivity index (χ0v) is 15.4. The van der Waals surface area contributed by atoms with Crippen LogP contribution in [0.2, 0.25) is 0 Å². The molecule has 0 amide bonds. The number of hydrogen-bond donors (Lipinski definition) is 1. The fourth-order valence-electron chi connectivity index (χ4n) is 3.82. The Bertz CT molecular complexity index is 718. The van der Waals surface area contributed by atoms with Gasteiger partial charge < -0.3 is 5.32 Å². The van der Waals surface area contributed by atoms with Gasteiger partial charge >= 0.3 is 0 Å². The minimum atomic E-state index is -2.37. The molecule has 0 spiro atoms. The molecule has 1 atom stereocenters. The number of fused-ring (bicyclic) bond motifs is 3. The molecule has 0 aromatic heterocycles. The maximum Gasteiger partial charge on any atom is 0.258 e. The summed E-state index contributed by atoms with van der Waals surface area (Å²) in [4.78, 5) is 1.91. The van der Waals surface area contributed by atoms with E-state index in [2.05, 4.69) is 17.4 Å². The van der Waals surface area contributed by atoms with Crippen molar-refractivity contribution >= 4 is 24.8 Å². The molecule has 0 bridgehead atoms. The van der Waals surface area contributed by atoms with E-state index in [9.17, 15) is 8.78 Å². The van der Waals surface area contributed by atoms with E-state index in [1.807, 2.05) is 35.2 Å². The monoisotopic (exact) mass is 386 g/mol. The summed E-state index contributed by atoms with van der Waals surface area (Å²) in [5, 5.41) is 3.23. The molecule has 0 radical (unpaired) electrons. The lowest BCUT2D eigenvalue weighted by Gasteiger charge is -2.34. The van der Waals surface area contributed by atoms with Gasteiger partial charge in [0.25, 0.3) is 6.43 Å². The average Bonchev–Trinajstić information content (AvgIpc) is 2.93. The van der Waals surface area contributed by atoms with Crippen molar-refractivity contribution in [3.63, 3.8) is 0 Å². The zero-order chi connectivity index (χ0) is 15.8. The number of halogens is 4. The molecule has 6 heteroatoms. The molecule has 2 aromatic rings. The summed E-state index contributed by atoms with van der Waals surface area (Å²) in [5.74, 6) is 0. The first-order chi connectivity index (χ1) is 11.2. The molecule has 4 rings (SSSR count).